The largest absolute Gasteiger partial charge is 0.398 e. The van der Waals surface area contributed by atoms with Gasteiger partial charge >= 0.3 is 0 Å². The summed E-state index contributed by atoms with van der Waals surface area (Å²) >= 11 is 4.96. The SMILES string of the molecule is Nc1ccc2scc(C=O)c2c1CBr. The van der Waals surface area contributed by atoms with Crippen molar-refractivity contribution < 1.29 is 4.79 Å². The molecule has 2 aromatic rings. The average molecular weight is 270 g/mol. The maximum absolute atomic E-state index is 10.8. The predicted molar refractivity (Wildman–Crippen MR) is 64.3 cm³/mol. The number of halogens is 1. The number of thiophene rings is 1. The number of carbonyl (C=O) groups excluding carboxylic acids is 1. The normalized spacial score (nSPS) is 10.6. The van der Waals surface area contributed by atoms with Crippen molar-refractivity contribution in [3.05, 3.63) is 28.6 Å². The Labute approximate surface area is 93.9 Å². The number of hydrogen-bond acceptors (Lipinski definition) is 3. The topological polar surface area (TPSA) is 43.1 Å². The lowest BCUT2D eigenvalue weighted by molar-refractivity contribution is 0.112. The van der Waals surface area contributed by atoms with Crippen LogP contribution in [0.5, 0.6) is 0 Å². The van der Waals surface area contributed by atoms with Crippen LogP contribution in [0, 0.1) is 0 Å². The zero-order valence-electron chi connectivity index (χ0n) is 7.29. The van der Waals surface area contributed by atoms with Crippen LogP contribution in [0.1, 0.15) is 15.9 Å². The lowest BCUT2D eigenvalue weighted by Crippen LogP contribution is -1.92. The van der Waals surface area contributed by atoms with Gasteiger partial charge in [0.2, 0.25) is 0 Å². The van der Waals surface area contributed by atoms with Crippen LogP contribution in [0.3, 0.4) is 0 Å². The molecule has 14 heavy (non-hydrogen) atoms. The van der Waals surface area contributed by atoms with Crippen LogP contribution < -0.4 is 5.73 Å². The van der Waals surface area contributed by atoms with Crippen LogP contribution in [0.25, 0.3) is 10.1 Å². The quantitative estimate of drug-likeness (QED) is 0.517. The van der Waals surface area contributed by atoms with E-state index < -0.39 is 0 Å². The van der Waals surface area contributed by atoms with Gasteiger partial charge in [-0.1, -0.05) is 15.9 Å². The summed E-state index contributed by atoms with van der Waals surface area (Å²) in [6, 6.07) is 3.83. The van der Waals surface area contributed by atoms with E-state index in [1.807, 2.05) is 17.5 Å². The minimum Gasteiger partial charge on any atom is -0.398 e. The molecule has 0 aliphatic rings. The minimum atomic E-state index is 0.674. The van der Waals surface area contributed by atoms with E-state index >= 15 is 0 Å². The van der Waals surface area contributed by atoms with Crippen molar-refractivity contribution in [2.75, 3.05) is 5.73 Å². The Hall–Kier alpha value is -0.870. The molecule has 1 aromatic carbocycles. The first-order valence-electron chi connectivity index (χ1n) is 4.07. The summed E-state index contributed by atoms with van der Waals surface area (Å²) in [5.41, 5.74) is 8.30. The molecule has 0 bridgehead atoms. The van der Waals surface area contributed by atoms with Crippen LogP contribution in [0.2, 0.25) is 0 Å². The summed E-state index contributed by atoms with van der Waals surface area (Å²) < 4.78 is 1.11. The molecular weight excluding hydrogens is 262 g/mol. The van der Waals surface area contributed by atoms with Crippen LogP contribution in [-0.2, 0) is 5.33 Å². The fourth-order valence-corrected chi connectivity index (χ4v) is 3.01. The molecule has 2 N–H and O–H groups in total. The van der Waals surface area contributed by atoms with E-state index in [0.29, 0.717) is 5.33 Å². The highest BCUT2D eigenvalue weighted by atomic mass is 79.9. The molecule has 0 aliphatic carbocycles. The van der Waals surface area contributed by atoms with E-state index in [9.17, 15) is 4.79 Å². The fourth-order valence-electron chi connectivity index (χ4n) is 1.47. The summed E-state index contributed by atoms with van der Waals surface area (Å²) in [6.07, 6.45) is 0.879. The van der Waals surface area contributed by atoms with Crippen molar-refractivity contribution in [1.82, 2.24) is 0 Å². The average Bonchev–Trinajstić information content (AvgIpc) is 2.61. The van der Waals surface area contributed by atoms with Crippen molar-refractivity contribution in [3.63, 3.8) is 0 Å². The van der Waals surface area contributed by atoms with Gasteiger partial charge in [0.25, 0.3) is 0 Å². The van der Waals surface area contributed by atoms with Gasteiger partial charge in [-0.3, -0.25) is 4.79 Å². The third kappa shape index (κ3) is 1.35. The van der Waals surface area contributed by atoms with E-state index in [2.05, 4.69) is 15.9 Å². The summed E-state index contributed by atoms with van der Waals surface area (Å²) in [5.74, 6) is 0. The predicted octanol–water partition coefficient (Wildman–Crippen LogP) is 3.19. The number of alkyl halides is 1. The number of carbonyl (C=O) groups is 1. The Bertz CT molecular complexity index is 492. The van der Waals surface area contributed by atoms with E-state index in [0.717, 1.165) is 33.2 Å². The first-order chi connectivity index (χ1) is 6.77. The molecule has 4 heteroatoms. The van der Waals surface area contributed by atoms with Gasteiger partial charge in [0.15, 0.2) is 6.29 Å². The summed E-state index contributed by atoms with van der Waals surface area (Å²) in [5, 5.41) is 3.53. The third-order valence-corrected chi connectivity index (χ3v) is 3.70. The van der Waals surface area contributed by atoms with Gasteiger partial charge in [-0.05, 0) is 17.7 Å². The van der Waals surface area contributed by atoms with Gasteiger partial charge < -0.3 is 5.73 Å². The van der Waals surface area contributed by atoms with Crippen LogP contribution in [0.4, 0.5) is 5.69 Å². The number of nitrogens with two attached hydrogens (primary N) is 1. The number of anilines is 1. The van der Waals surface area contributed by atoms with Gasteiger partial charge in [0.1, 0.15) is 0 Å². The van der Waals surface area contributed by atoms with Crippen molar-refractivity contribution in [2.24, 2.45) is 0 Å². The standard InChI is InChI=1S/C10H8BrNOS/c11-3-7-8(12)1-2-9-10(7)6(4-13)5-14-9/h1-2,4-5H,3,12H2. The van der Waals surface area contributed by atoms with E-state index in [4.69, 9.17) is 5.73 Å². The van der Waals surface area contributed by atoms with Crippen molar-refractivity contribution in [2.45, 2.75) is 5.33 Å². The van der Waals surface area contributed by atoms with Gasteiger partial charge in [-0.15, -0.1) is 11.3 Å². The molecule has 2 rings (SSSR count). The number of fused-ring (bicyclic) bond motifs is 1. The van der Waals surface area contributed by atoms with Gasteiger partial charge in [0.05, 0.1) is 0 Å². The van der Waals surface area contributed by atoms with Crippen molar-refractivity contribution >= 4 is 49.3 Å². The second-order valence-corrected chi connectivity index (χ2v) is 4.42. The first kappa shape index (κ1) is 9.68. The summed E-state index contributed by atoms with van der Waals surface area (Å²) in [6.45, 7) is 0. The fraction of sp³-hybridized carbons (Fsp3) is 0.100. The molecule has 1 aromatic heterocycles. The van der Waals surface area contributed by atoms with Crippen LogP contribution in [-0.4, -0.2) is 6.29 Å². The summed E-state index contributed by atoms with van der Waals surface area (Å²) in [4.78, 5) is 10.8. The summed E-state index contributed by atoms with van der Waals surface area (Å²) in [7, 11) is 0. The Morgan fingerprint density at radius 2 is 2.29 bits per heavy atom. The Balaban J connectivity index is 2.88. The van der Waals surface area contributed by atoms with Crippen molar-refractivity contribution in [1.29, 1.82) is 0 Å². The number of nitrogen functional groups attached to an aromatic ring is 1. The second kappa shape index (κ2) is 3.71. The molecule has 0 spiro atoms. The third-order valence-electron chi connectivity index (χ3n) is 2.17. The molecule has 0 unspecified atom stereocenters. The Morgan fingerprint density at radius 3 is 2.93 bits per heavy atom. The van der Waals surface area contributed by atoms with E-state index in [-0.39, 0.29) is 0 Å². The molecular formula is C10H8BrNOS. The smallest absolute Gasteiger partial charge is 0.151 e. The molecule has 0 fully saturated rings. The molecule has 0 saturated heterocycles. The number of rotatable bonds is 2. The monoisotopic (exact) mass is 269 g/mol. The molecule has 0 aliphatic heterocycles. The number of hydrogen-bond donors (Lipinski definition) is 1. The molecule has 0 atom stereocenters. The molecule has 0 radical (unpaired) electrons. The number of benzene rings is 1. The zero-order valence-corrected chi connectivity index (χ0v) is 9.69. The first-order valence-corrected chi connectivity index (χ1v) is 6.07. The Morgan fingerprint density at radius 1 is 1.50 bits per heavy atom. The minimum absolute atomic E-state index is 0.674. The highest BCUT2D eigenvalue weighted by Crippen LogP contribution is 2.32. The maximum Gasteiger partial charge on any atom is 0.151 e. The molecule has 72 valence electrons. The van der Waals surface area contributed by atoms with Crippen LogP contribution in [0.15, 0.2) is 17.5 Å². The molecule has 0 saturated carbocycles. The highest BCUT2D eigenvalue weighted by molar-refractivity contribution is 9.08. The Kier molecular flexibility index (Phi) is 2.56. The van der Waals surface area contributed by atoms with E-state index in [1.54, 1.807) is 11.3 Å². The zero-order chi connectivity index (χ0) is 10.1. The lowest BCUT2D eigenvalue weighted by Gasteiger charge is -2.04. The van der Waals surface area contributed by atoms with Gasteiger partial charge in [0, 0.05) is 32.0 Å². The van der Waals surface area contributed by atoms with Gasteiger partial charge in [-0.25, -0.2) is 0 Å². The molecule has 0 amide bonds. The van der Waals surface area contributed by atoms with Crippen LogP contribution >= 0.6 is 27.3 Å². The van der Waals surface area contributed by atoms with Gasteiger partial charge in [-0.2, -0.15) is 0 Å². The lowest BCUT2D eigenvalue weighted by atomic mass is 10.1. The molecule has 2 nitrogen and oxygen atoms in total. The maximum atomic E-state index is 10.8. The molecule has 1 heterocycles. The highest BCUT2D eigenvalue weighted by Gasteiger charge is 2.10. The van der Waals surface area contributed by atoms with E-state index in [1.165, 1.54) is 0 Å². The van der Waals surface area contributed by atoms with Crippen molar-refractivity contribution in [3.8, 4) is 0 Å². The second-order valence-electron chi connectivity index (χ2n) is 2.95. The number of aldehydes is 1.